The number of carboxylic acid groups (broad SMARTS) is 1. The zero-order valence-electron chi connectivity index (χ0n) is 21.3. The predicted molar refractivity (Wildman–Crippen MR) is 144 cm³/mol. The number of amides is 1. The summed E-state index contributed by atoms with van der Waals surface area (Å²) < 4.78 is 2.27. The summed E-state index contributed by atoms with van der Waals surface area (Å²) in [6, 6.07) is 17.8. The number of carbonyl (C=O) groups is 2. The Bertz CT molecular complexity index is 1530. The summed E-state index contributed by atoms with van der Waals surface area (Å²) in [5.74, 6) is -0.0700. The third-order valence-electron chi connectivity index (χ3n) is 8.13. The molecule has 2 heterocycles. The van der Waals surface area contributed by atoms with Crippen LogP contribution in [0.1, 0.15) is 74.7 Å². The Balaban J connectivity index is 1.31. The van der Waals surface area contributed by atoms with Crippen LogP contribution in [0.3, 0.4) is 0 Å². The number of benzene rings is 3. The number of hydrogen-bond acceptors (Lipinski definition) is 3. The lowest BCUT2D eigenvalue weighted by Crippen LogP contribution is -2.36. The molecule has 0 radical (unpaired) electrons. The van der Waals surface area contributed by atoms with Crippen molar-refractivity contribution >= 4 is 22.9 Å². The van der Waals surface area contributed by atoms with Gasteiger partial charge in [0, 0.05) is 30.3 Å². The molecule has 1 aliphatic carbocycles. The molecule has 6 heteroatoms. The molecule has 0 unspecified atom stereocenters. The first-order valence-corrected chi connectivity index (χ1v) is 13.1. The van der Waals surface area contributed by atoms with Crippen molar-refractivity contribution in [3.63, 3.8) is 0 Å². The third-order valence-corrected chi connectivity index (χ3v) is 8.13. The molecule has 188 valence electrons. The highest BCUT2D eigenvalue weighted by molar-refractivity contribution is 5.95. The van der Waals surface area contributed by atoms with E-state index in [1.807, 2.05) is 35.2 Å². The first kappa shape index (κ1) is 23.5. The Labute approximate surface area is 216 Å². The van der Waals surface area contributed by atoms with Crippen molar-refractivity contribution in [2.45, 2.75) is 58.5 Å². The summed E-state index contributed by atoms with van der Waals surface area (Å²) in [6.45, 7) is 5.62. The van der Waals surface area contributed by atoms with Crippen LogP contribution in [0.25, 0.3) is 22.4 Å². The fraction of sp³-hybridized carbons (Fsp3) is 0.323. The van der Waals surface area contributed by atoms with Gasteiger partial charge < -0.3 is 14.6 Å². The van der Waals surface area contributed by atoms with Crippen molar-refractivity contribution in [1.82, 2.24) is 14.5 Å². The second-order valence-corrected chi connectivity index (χ2v) is 10.5. The van der Waals surface area contributed by atoms with Crippen molar-refractivity contribution < 1.29 is 14.7 Å². The van der Waals surface area contributed by atoms with E-state index in [1.165, 1.54) is 35.1 Å². The quantitative estimate of drug-likeness (QED) is 0.360. The van der Waals surface area contributed by atoms with Gasteiger partial charge in [-0.3, -0.25) is 4.79 Å². The number of hydrogen-bond donors (Lipinski definition) is 1. The van der Waals surface area contributed by atoms with Crippen LogP contribution >= 0.6 is 0 Å². The Morgan fingerprint density at radius 2 is 1.57 bits per heavy atom. The predicted octanol–water partition coefficient (Wildman–Crippen LogP) is 6.33. The van der Waals surface area contributed by atoms with E-state index in [1.54, 1.807) is 12.1 Å². The van der Waals surface area contributed by atoms with Crippen LogP contribution in [-0.4, -0.2) is 38.0 Å². The summed E-state index contributed by atoms with van der Waals surface area (Å²) in [4.78, 5) is 31.7. The topological polar surface area (TPSA) is 75.4 Å². The number of fused-ring (bicyclic) bond motifs is 2. The molecule has 1 N–H and O–H groups in total. The molecule has 1 aromatic heterocycles. The smallest absolute Gasteiger partial charge is 0.335 e. The minimum atomic E-state index is -0.952. The Kier molecular flexibility index (Phi) is 5.82. The van der Waals surface area contributed by atoms with E-state index in [0.717, 1.165) is 42.7 Å². The molecular formula is C31H31N3O3. The largest absolute Gasteiger partial charge is 0.478 e. The van der Waals surface area contributed by atoms with Crippen molar-refractivity contribution in [3.8, 4) is 11.4 Å². The lowest BCUT2D eigenvalue weighted by atomic mass is 9.94. The van der Waals surface area contributed by atoms with Gasteiger partial charge >= 0.3 is 5.97 Å². The number of carbonyl (C=O) groups excluding carboxylic acids is 1. The molecule has 1 saturated carbocycles. The maximum absolute atomic E-state index is 13.4. The van der Waals surface area contributed by atoms with Crippen LogP contribution in [0.4, 0.5) is 0 Å². The molecule has 0 bridgehead atoms. The summed E-state index contributed by atoms with van der Waals surface area (Å²) in [6.07, 6.45) is 5.42. The summed E-state index contributed by atoms with van der Waals surface area (Å²) in [5.41, 5.74) is 8.66. The van der Waals surface area contributed by atoms with Crippen molar-refractivity contribution in [2.24, 2.45) is 0 Å². The van der Waals surface area contributed by atoms with Crippen LogP contribution in [0.2, 0.25) is 0 Å². The van der Waals surface area contributed by atoms with E-state index >= 15 is 0 Å². The van der Waals surface area contributed by atoms with Gasteiger partial charge in [-0.2, -0.15) is 0 Å². The average Bonchev–Trinajstić information content (AvgIpc) is 3.56. The summed E-state index contributed by atoms with van der Waals surface area (Å²) in [7, 11) is 0. The molecule has 0 saturated heterocycles. The third kappa shape index (κ3) is 4.20. The van der Waals surface area contributed by atoms with Crippen LogP contribution in [0.5, 0.6) is 0 Å². The Morgan fingerprint density at radius 3 is 2.27 bits per heavy atom. The summed E-state index contributed by atoms with van der Waals surface area (Å²) >= 11 is 0. The standard InChI is InChI=1S/C31H31N3O3/c1-19-15-23-13-14-33(18-25(23)16-20(19)2)30(35)22-9-7-21(8-10-22)29-32-27-17-24(31(36)37)11-12-28(27)34(29)26-5-3-4-6-26/h7-12,15-17,26H,3-6,13-14,18H2,1-2H3,(H,36,37). The fourth-order valence-electron chi connectivity index (χ4n) is 5.94. The zero-order valence-corrected chi connectivity index (χ0v) is 21.3. The number of carboxylic acids is 1. The van der Waals surface area contributed by atoms with E-state index in [9.17, 15) is 14.7 Å². The highest BCUT2D eigenvalue weighted by Gasteiger charge is 2.25. The molecule has 1 aliphatic heterocycles. The number of imidazole rings is 1. The fourth-order valence-corrected chi connectivity index (χ4v) is 5.94. The van der Waals surface area contributed by atoms with Gasteiger partial charge in [-0.25, -0.2) is 9.78 Å². The second-order valence-electron chi connectivity index (χ2n) is 10.5. The molecule has 0 spiro atoms. The number of rotatable bonds is 4. The minimum Gasteiger partial charge on any atom is -0.478 e. The van der Waals surface area contributed by atoms with Gasteiger partial charge in [-0.1, -0.05) is 37.1 Å². The molecule has 3 aromatic carbocycles. The van der Waals surface area contributed by atoms with Gasteiger partial charge in [0.15, 0.2) is 0 Å². The maximum atomic E-state index is 13.4. The molecule has 0 atom stereocenters. The molecule has 4 aromatic rings. The number of aryl methyl sites for hydroxylation is 2. The zero-order chi connectivity index (χ0) is 25.7. The van der Waals surface area contributed by atoms with E-state index in [-0.39, 0.29) is 11.5 Å². The monoisotopic (exact) mass is 493 g/mol. The number of aromatic carboxylic acids is 1. The van der Waals surface area contributed by atoms with E-state index in [4.69, 9.17) is 4.98 Å². The van der Waals surface area contributed by atoms with Gasteiger partial charge in [0.1, 0.15) is 5.82 Å². The molecule has 6 rings (SSSR count). The van der Waals surface area contributed by atoms with Crippen LogP contribution in [0, 0.1) is 13.8 Å². The highest BCUT2D eigenvalue weighted by atomic mass is 16.4. The maximum Gasteiger partial charge on any atom is 0.335 e. The molecule has 1 fully saturated rings. The lowest BCUT2D eigenvalue weighted by molar-refractivity contribution is 0.0695. The molecular weight excluding hydrogens is 462 g/mol. The first-order valence-electron chi connectivity index (χ1n) is 13.1. The average molecular weight is 494 g/mol. The van der Waals surface area contributed by atoms with E-state index < -0.39 is 5.97 Å². The van der Waals surface area contributed by atoms with Crippen molar-refractivity contribution in [2.75, 3.05) is 6.54 Å². The highest BCUT2D eigenvalue weighted by Crippen LogP contribution is 2.37. The molecule has 37 heavy (non-hydrogen) atoms. The SMILES string of the molecule is Cc1cc2c(cc1C)CN(C(=O)c1ccc(-c3nc4cc(C(=O)O)ccc4n3C3CCCC3)cc1)CC2. The van der Waals surface area contributed by atoms with Crippen molar-refractivity contribution in [1.29, 1.82) is 0 Å². The van der Waals surface area contributed by atoms with Gasteiger partial charge in [-0.15, -0.1) is 0 Å². The van der Waals surface area contributed by atoms with Crippen LogP contribution in [0.15, 0.2) is 54.6 Å². The van der Waals surface area contributed by atoms with Crippen LogP contribution in [-0.2, 0) is 13.0 Å². The second kappa shape index (κ2) is 9.18. The van der Waals surface area contributed by atoms with Gasteiger partial charge in [0.05, 0.1) is 16.6 Å². The molecule has 6 nitrogen and oxygen atoms in total. The first-order chi connectivity index (χ1) is 17.9. The van der Waals surface area contributed by atoms with Crippen molar-refractivity contribution in [3.05, 3.63) is 88.0 Å². The van der Waals surface area contributed by atoms with Crippen LogP contribution < -0.4 is 0 Å². The Hall–Kier alpha value is -3.93. The Morgan fingerprint density at radius 1 is 0.892 bits per heavy atom. The van der Waals surface area contributed by atoms with Gasteiger partial charge in [0.2, 0.25) is 0 Å². The lowest BCUT2D eigenvalue weighted by Gasteiger charge is -2.29. The molecule has 1 amide bonds. The van der Waals surface area contributed by atoms with Gasteiger partial charge in [-0.05, 0) is 85.7 Å². The number of nitrogens with zero attached hydrogens (tertiary/aromatic N) is 3. The minimum absolute atomic E-state index is 0.0471. The number of aromatic nitrogens is 2. The van der Waals surface area contributed by atoms with E-state index in [2.05, 4.69) is 30.5 Å². The van der Waals surface area contributed by atoms with Gasteiger partial charge in [0.25, 0.3) is 5.91 Å². The molecule has 2 aliphatic rings. The van der Waals surface area contributed by atoms with E-state index in [0.29, 0.717) is 23.7 Å². The normalized spacial score (nSPS) is 15.8. The summed E-state index contributed by atoms with van der Waals surface area (Å²) in [5, 5.41) is 9.45.